The van der Waals surface area contributed by atoms with Crippen molar-refractivity contribution in [1.82, 2.24) is 15.1 Å². The van der Waals surface area contributed by atoms with Crippen LogP contribution < -0.4 is 0 Å². The molecule has 0 aliphatic heterocycles. The number of nitrogens with zero attached hydrogens (tertiary/aromatic N) is 2. The molecule has 0 aliphatic rings. The second-order valence-corrected chi connectivity index (χ2v) is 3.89. The largest absolute Gasteiger partial charge is 0.380 e. The molecule has 1 aromatic heterocycles. The zero-order valence-electron chi connectivity index (χ0n) is 11.0. The van der Waals surface area contributed by atoms with Crippen LogP contribution >= 0.6 is 0 Å². The van der Waals surface area contributed by atoms with E-state index in [0.29, 0.717) is 31.9 Å². The van der Waals surface area contributed by atoms with Crippen LogP contribution in [0.4, 0.5) is 0 Å². The average Bonchev–Trinajstić information content (AvgIpc) is 2.64. The molecule has 0 unspecified atom stereocenters. The van der Waals surface area contributed by atoms with E-state index in [1.54, 1.807) is 4.90 Å². The number of nitrogens with one attached hydrogen (secondary N) is 1. The Bertz CT molecular complexity index is 354. The lowest BCUT2D eigenvalue weighted by molar-refractivity contribution is 0.0668. The van der Waals surface area contributed by atoms with E-state index in [1.165, 1.54) is 0 Å². The van der Waals surface area contributed by atoms with E-state index >= 15 is 0 Å². The predicted octanol–water partition coefficient (Wildman–Crippen LogP) is 1.53. The summed E-state index contributed by atoms with van der Waals surface area (Å²) in [7, 11) is 0. The van der Waals surface area contributed by atoms with Crippen LogP contribution in [-0.4, -0.2) is 47.3 Å². The van der Waals surface area contributed by atoms with E-state index < -0.39 is 0 Å². The minimum Gasteiger partial charge on any atom is -0.380 e. The number of carbonyl (C=O) groups excluding carboxylic acids is 1. The molecule has 5 nitrogen and oxygen atoms in total. The van der Waals surface area contributed by atoms with Gasteiger partial charge in [-0.15, -0.1) is 0 Å². The first-order chi connectivity index (χ1) is 8.11. The van der Waals surface area contributed by atoms with Crippen LogP contribution in [0.3, 0.4) is 0 Å². The van der Waals surface area contributed by atoms with Crippen molar-refractivity contribution in [3.05, 3.63) is 17.0 Å². The molecule has 1 amide bonds. The molecule has 1 heterocycles. The van der Waals surface area contributed by atoms with Gasteiger partial charge in [0.1, 0.15) is 0 Å². The first-order valence-corrected chi connectivity index (χ1v) is 6.00. The Morgan fingerprint density at radius 1 is 1.41 bits per heavy atom. The van der Waals surface area contributed by atoms with Crippen molar-refractivity contribution in [1.29, 1.82) is 0 Å². The Balaban J connectivity index is 2.72. The maximum absolute atomic E-state index is 12.3. The number of hydrogen-bond donors (Lipinski definition) is 1. The van der Waals surface area contributed by atoms with Crippen molar-refractivity contribution in [3.63, 3.8) is 0 Å². The lowest BCUT2D eigenvalue weighted by Gasteiger charge is -2.20. The molecule has 0 aliphatic carbocycles. The molecule has 1 N–H and O–H groups in total. The molecule has 0 saturated carbocycles. The van der Waals surface area contributed by atoms with Crippen molar-refractivity contribution in [2.24, 2.45) is 0 Å². The molecule has 1 aromatic rings. The summed E-state index contributed by atoms with van der Waals surface area (Å²) in [5, 5.41) is 6.88. The molecular formula is C12H21N3O2. The van der Waals surface area contributed by atoms with E-state index in [-0.39, 0.29) is 5.91 Å². The second-order valence-electron chi connectivity index (χ2n) is 3.89. The quantitative estimate of drug-likeness (QED) is 0.766. The summed E-state index contributed by atoms with van der Waals surface area (Å²) < 4.78 is 5.28. The van der Waals surface area contributed by atoms with Crippen molar-refractivity contribution in [3.8, 4) is 0 Å². The van der Waals surface area contributed by atoms with Gasteiger partial charge in [-0.3, -0.25) is 9.89 Å². The third-order valence-corrected chi connectivity index (χ3v) is 2.72. The van der Waals surface area contributed by atoms with Crippen LogP contribution in [0.15, 0.2) is 0 Å². The summed E-state index contributed by atoms with van der Waals surface area (Å²) in [6.45, 7) is 10.2. The maximum Gasteiger partial charge on any atom is 0.257 e. The lowest BCUT2D eigenvalue weighted by atomic mass is 10.1. The van der Waals surface area contributed by atoms with Crippen molar-refractivity contribution < 1.29 is 9.53 Å². The highest BCUT2D eigenvalue weighted by atomic mass is 16.5. The van der Waals surface area contributed by atoms with E-state index in [9.17, 15) is 4.79 Å². The number of aromatic nitrogens is 2. The second kappa shape index (κ2) is 6.39. The van der Waals surface area contributed by atoms with Crippen LogP contribution in [0.25, 0.3) is 0 Å². The number of carbonyl (C=O) groups is 1. The van der Waals surface area contributed by atoms with Gasteiger partial charge in [0, 0.05) is 25.4 Å². The summed E-state index contributed by atoms with van der Waals surface area (Å²) in [6.07, 6.45) is 0. The van der Waals surface area contributed by atoms with E-state index in [0.717, 1.165) is 11.4 Å². The zero-order chi connectivity index (χ0) is 12.8. The van der Waals surface area contributed by atoms with E-state index in [2.05, 4.69) is 10.2 Å². The van der Waals surface area contributed by atoms with Gasteiger partial charge in [0.05, 0.1) is 17.9 Å². The molecule has 96 valence electrons. The Labute approximate surface area is 102 Å². The number of rotatable bonds is 6. The normalized spacial score (nSPS) is 10.6. The van der Waals surface area contributed by atoms with Crippen molar-refractivity contribution in [2.75, 3.05) is 26.3 Å². The van der Waals surface area contributed by atoms with Gasteiger partial charge in [0.15, 0.2) is 0 Å². The zero-order valence-corrected chi connectivity index (χ0v) is 11.0. The highest BCUT2D eigenvalue weighted by Crippen LogP contribution is 2.12. The van der Waals surface area contributed by atoms with Gasteiger partial charge in [-0.05, 0) is 27.7 Å². The number of hydrogen-bond acceptors (Lipinski definition) is 3. The third kappa shape index (κ3) is 3.30. The fourth-order valence-electron chi connectivity index (χ4n) is 1.75. The Morgan fingerprint density at radius 3 is 2.59 bits per heavy atom. The number of amides is 1. The number of aromatic amines is 1. The Kier molecular flexibility index (Phi) is 5.15. The monoisotopic (exact) mass is 239 g/mol. The van der Waals surface area contributed by atoms with Gasteiger partial charge in [0.2, 0.25) is 0 Å². The number of H-pyrrole nitrogens is 1. The first kappa shape index (κ1) is 13.7. The van der Waals surface area contributed by atoms with Crippen molar-refractivity contribution in [2.45, 2.75) is 27.7 Å². The molecule has 0 fully saturated rings. The fourth-order valence-corrected chi connectivity index (χ4v) is 1.75. The van der Waals surface area contributed by atoms with Gasteiger partial charge < -0.3 is 9.64 Å². The number of likely N-dealkylation sites (N-methyl/N-ethyl adjacent to an activating group) is 1. The van der Waals surface area contributed by atoms with Gasteiger partial charge in [0.25, 0.3) is 5.91 Å². The third-order valence-electron chi connectivity index (χ3n) is 2.72. The predicted molar refractivity (Wildman–Crippen MR) is 66.1 cm³/mol. The van der Waals surface area contributed by atoms with Crippen LogP contribution in [0, 0.1) is 13.8 Å². The van der Waals surface area contributed by atoms with E-state index in [4.69, 9.17) is 4.74 Å². The first-order valence-electron chi connectivity index (χ1n) is 6.00. The molecule has 0 radical (unpaired) electrons. The van der Waals surface area contributed by atoms with Crippen LogP contribution in [0.2, 0.25) is 0 Å². The van der Waals surface area contributed by atoms with Crippen LogP contribution in [-0.2, 0) is 4.74 Å². The summed E-state index contributed by atoms with van der Waals surface area (Å²) in [5.74, 6) is 0.0240. The lowest BCUT2D eigenvalue weighted by Crippen LogP contribution is -2.34. The van der Waals surface area contributed by atoms with Gasteiger partial charge >= 0.3 is 0 Å². The van der Waals surface area contributed by atoms with E-state index in [1.807, 2.05) is 27.7 Å². The Hall–Kier alpha value is -1.36. The average molecular weight is 239 g/mol. The minimum atomic E-state index is 0.0240. The summed E-state index contributed by atoms with van der Waals surface area (Å²) in [6, 6.07) is 0. The molecule has 0 atom stereocenters. The summed E-state index contributed by atoms with van der Waals surface area (Å²) >= 11 is 0. The number of ether oxygens (including phenoxy) is 1. The molecule has 17 heavy (non-hydrogen) atoms. The standard InChI is InChI=1S/C12H21N3O2/c1-5-15(7-8-17-6-2)12(16)11-9(3)13-14-10(11)4/h5-8H2,1-4H3,(H,13,14). The molecule has 0 bridgehead atoms. The molecule has 0 saturated heterocycles. The highest BCUT2D eigenvalue weighted by Gasteiger charge is 2.20. The summed E-state index contributed by atoms with van der Waals surface area (Å²) in [4.78, 5) is 14.1. The van der Waals surface area contributed by atoms with Crippen LogP contribution in [0.1, 0.15) is 35.6 Å². The topological polar surface area (TPSA) is 58.2 Å². The SMILES string of the molecule is CCOCCN(CC)C(=O)c1c(C)n[nH]c1C. The molecule has 0 spiro atoms. The molecular weight excluding hydrogens is 218 g/mol. The fraction of sp³-hybridized carbons (Fsp3) is 0.667. The molecule has 5 heteroatoms. The van der Waals surface area contributed by atoms with Gasteiger partial charge in [-0.1, -0.05) is 0 Å². The minimum absolute atomic E-state index is 0.0240. The Morgan fingerprint density at radius 2 is 2.12 bits per heavy atom. The van der Waals surface area contributed by atoms with Crippen LogP contribution in [0.5, 0.6) is 0 Å². The smallest absolute Gasteiger partial charge is 0.257 e. The highest BCUT2D eigenvalue weighted by molar-refractivity contribution is 5.96. The van der Waals surface area contributed by atoms with Crippen molar-refractivity contribution >= 4 is 5.91 Å². The van der Waals surface area contributed by atoms with Gasteiger partial charge in [-0.25, -0.2) is 0 Å². The van der Waals surface area contributed by atoms with Gasteiger partial charge in [-0.2, -0.15) is 5.10 Å². The summed E-state index contributed by atoms with van der Waals surface area (Å²) in [5.41, 5.74) is 2.26. The molecule has 1 rings (SSSR count). The maximum atomic E-state index is 12.3. The molecule has 0 aromatic carbocycles. The number of aryl methyl sites for hydroxylation is 2.